The summed E-state index contributed by atoms with van der Waals surface area (Å²) in [6.45, 7) is 0.659. The van der Waals surface area contributed by atoms with Gasteiger partial charge < -0.3 is 14.8 Å². The van der Waals surface area contributed by atoms with Crippen molar-refractivity contribution in [2.75, 3.05) is 19.5 Å². The molecule has 94 valence electrons. The number of pyridine rings is 1. The highest BCUT2D eigenvalue weighted by Gasteiger charge is 2.08. The molecule has 0 bridgehead atoms. The lowest BCUT2D eigenvalue weighted by molar-refractivity contribution is 0.352. The second-order valence-electron chi connectivity index (χ2n) is 3.75. The lowest BCUT2D eigenvalue weighted by atomic mass is 10.2. The molecule has 0 saturated heterocycles. The first-order chi connectivity index (χ1) is 8.85. The van der Waals surface area contributed by atoms with Crippen molar-refractivity contribution in [3.8, 4) is 11.5 Å². The minimum atomic E-state index is 0.659. The van der Waals surface area contributed by atoms with Crippen LogP contribution in [0.1, 0.15) is 5.56 Å². The Labute approximate surface area is 107 Å². The molecule has 0 saturated carbocycles. The Morgan fingerprint density at radius 1 is 1.11 bits per heavy atom. The van der Waals surface area contributed by atoms with Crippen LogP contribution >= 0.6 is 0 Å². The highest BCUT2D eigenvalue weighted by Crippen LogP contribution is 2.30. The van der Waals surface area contributed by atoms with Gasteiger partial charge in [0, 0.05) is 24.5 Å². The van der Waals surface area contributed by atoms with E-state index in [0.29, 0.717) is 6.54 Å². The summed E-state index contributed by atoms with van der Waals surface area (Å²) in [6, 6.07) is 9.70. The zero-order valence-corrected chi connectivity index (χ0v) is 10.5. The van der Waals surface area contributed by atoms with E-state index in [4.69, 9.17) is 9.47 Å². The Hall–Kier alpha value is -2.23. The molecule has 4 heteroatoms. The van der Waals surface area contributed by atoms with Gasteiger partial charge in [-0.1, -0.05) is 12.1 Å². The largest absolute Gasteiger partial charge is 0.493 e. The summed E-state index contributed by atoms with van der Waals surface area (Å²) in [7, 11) is 3.28. The fourth-order valence-corrected chi connectivity index (χ4v) is 1.76. The molecule has 0 aliphatic heterocycles. The minimum Gasteiger partial charge on any atom is -0.493 e. The van der Waals surface area contributed by atoms with E-state index in [9.17, 15) is 0 Å². The first-order valence-electron chi connectivity index (χ1n) is 5.69. The summed E-state index contributed by atoms with van der Waals surface area (Å²) >= 11 is 0. The molecule has 1 N–H and O–H groups in total. The molecule has 0 atom stereocenters. The third-order valence-electron chi connectivity index (χ3n) is 2.63. The predicted molar refractivity (Wildman–Crippen MR) is 71.1 cm³/mol. The van der Waals surface area contributed by atoms with Crippen LogP contribution in [0.2, 0.25) is 0 Å². The molecular formula is C14H16N2O2. The number of methoxy groups -OCH3 is 2. The number of rotatable bonds is 5. The molecule has 2 aromatic rings. The van der Waals surface area contributed by atoms with Crippen LogP contribution in [0.4, 0.5) is 5.69 Å². The number of hydrogen-bond donors (Lipinski definition) is 1. The van der Waals surface area contributed by atoms with Gasteiger partial charge in [0.25, 0.3) is 0 Å². The molecule has 18 heavy (non-hydrogen) atoms. The predicted octanol–water partition coefficient (Wildman–Crippen LogP) is 2.71. The normalized spacial score (nSPS) is 9.89. The molecule has 2 rings (SSSR count). The van der Waals surface area contributed by atoms with E-state index in [-0.39, 0.29) is 0 Å². The highest BCUT2D eigenvalue weighted by molar-refractivity contribution is 5.49. The van der Waals surface area contributed by atoms with Crippen molar-refractivity contribution in [1.29, 1.82) is 0 Å². The van der Waals surface area contributed by atoms with Crippen LogP contribution < -0.4 is 14.8 Å². The van der Waals surface area contributed by atoms with Gasteiger partial charge in [0.1, 0.15) is 0 Å². The Morgan fingerprint density at radius 3 is 2.67 bits per heavy atom. The zero-order valence-electron chi connectivity index (χ0n) is 10.5. The van der Waals surface area contributed by atoms with Gasteiger partial charge in [-0.3, -0.25) is 4.98 Å². The van der Waals surface area contributed by atoms with Crippen molar-refractivity contribution < 1.29 is 9.47 Å². The van der Waals surface area contributed by atoms with Crippen molar-refractivity contribution in [2.24, 2.45) is 0 Å². The molecular weight excluding hydrogens is 228 g/mol. The fourth-order valence-electron chi connectivity index (χ4n) is 1.76. The second kappa shape index (κ2) is 5.91. The van der Waals surface area contributed by atoms with Crippen molar-refractivity contribution in [3.63, 3.8) is 0 Å². The molecule has 0 radical (unpaired) electrons. The van der Waals surface area contributed by atoms with E-state index in [2.05, 4.69) is 10.3 Å². The quantitative estimate of drug-likeness (QED) is 0.878. The number of hydrogen-bond acceptors (Lipinski definition) is 4. The van der Waals surface area contributed by atoms with Crippen LogP contribution in [0.3, 0.4) is 0 Å². The van der Waals surface area contributed by atoms with Gasteiger partial charge in [-0.05, 0) is 18.2 Å². The Balaban J connectivity index is 2.14. The lowest BCUT2D eigenvalue weighted by Gasteiger charge is -2.13. The van der Waals surface area contributed by atoms with E-state index in [1.54, 1.807) is 26.6 Å². The molecule has 1 heterocycles. The summed E-state index contributed by atoms with van der Waals surface area (Å²) < 4.78 is 10.6. The summed E-state index contributed by atoms with van der Waals surface area (Å²) in [5.41, 5.74) is 2.02. The van der Waals surface area contributed by atoms with Crippen molar-refractivity contribution in [1.82, 2.24) is 4.98 Å². The standard InChI is InChI=1S/C14H16N2O2/c1-17-13-7-3-5-11(14(13)18-2)9-16-12-6-4-8-15-10-12/h3-8,10,16H,9H2,1-2H3. The topological polar surface area (TPSA) is 43.4 Å². The molecule has 1 aromatic carbocycles. The molecule has 0 unspecified atom stereocenters. The fraction of sp³-hybridized carbons (Fsp3) is 0.214. The molecule has 4 nitrogen and oxygen atoms in total. The van der Waals surface area contributed by atoms with Crippen LogP contribution in [-0.2, 0) is 6.54 Å². The van der Waals surface area contributed by atoms with Gasteiger partial charge in [-0.25, -0.2) is 0 Å². The van der Waals surface area contributed by atoms with Crippen LogP contribution in [0.25, 0.3) is 0 Å². The molecule has 0 aliphatic rings. The molecule has 1 aromatic heterocycles. The number of nitrogens with one attached hydrogen (secondary N) is 1. The van der Waals surface area contributed by atoms with E-state index in [1.807, 2.05) is 30.3 Å². The Bertz CT molecular complexity index is 500. The number of ether oxygens (including phenoxy) is 2. The Kier molecular flexibility index (Phi) is 4.02. The van der Waals surface area contributed by atoms with Gasteiger partial charge >= 0.3 is 0 Å². The first-order valence-corrected chi connectivity index (χ1v) is 5.69. The van der Waals surface area contributed by atoms with E-state index >= 15 is 0 Å². The lowest BCUT2D eigenvalue weighted by Crippen LogP contribution is -2.03. The van der Waals surface area contributed by atoms with Gasteiger partial charge in [-0.15, -0.1) is 0 Å². The first kappa shape index (κ1) is 12.2. The average molecular weight is 244 g/mol. The SMILES string of the molecule is COc1cccc(CNc2cccnc2)c1OC. The maximum absolute atomic E-state index is 5.38. The van der Waals surface area contributed by atoms with Crippen LogP contribution in [0, 0.1) is 0 Å². The van der Waals surface area contributed by atoms with Gasteiger partial charge in [-0.2, -0.15) is 0 Å². The highest BCUT2D eigenvalue weighted by atomic mass is 16.5. The number of benzene rings is 1. The maximum atomic E-state index is 5.38. The minimum absolute atomic E-state index is 0.659. The number of para-hydroxylation sites is 1. The molecule has 0 spiro atoms. The van der Waals surface area contributed by atoms with Crippen LogP contribution in [0.15, 0.2) is 42.7 Å². The molecule has 0 aliphatic carbocycles. The average Bonchev–Trinajstić information content (AvgIpc) is 2.45. The number of aromatic nitrogens is 1. The summed E-state index contributed by atoms with van der Waals surface area (Å²) in [6.07, 6.45) is 3.53. The second-order valence-corrected chi connectivity index (χ2v) is 3.75. The summed E-state index contributed by atoms with van der Waals surface area (Å²) in [5.74, 6) is 1.50. The monoisotopic (exact) mass is 244 g/mol. The van der Waals surface area contributed by atoms with Gasteiger partial charge in [0.15, 0.2) is 11.5 Å². The summed E-state index contributed by atoms with van der Waals surface area (Å²) in [5, 5.41) is 3.29. The van der Waals surface area contributed by atoms with Crippen LogP contribution in [0.5, 0.6) is 11.5 Å². The van der Waals surface area contributed by atoms with Gasteiger partial charge in [0.05, 0.1) is 19.9 Å². The van der Waals surface area contributed by atoms with Crippen molar-refractivity contribution in [2.45, 2.75) is 6.54 Å². The molecule has 0 fully saturated rings. The summed E-state index contributed by atoms with van der Waals surface area (Å²) in [4.78, 5) is 4.05. The third kappa shape index (κ3) is 2.71. The van der Waals surface area contributed by atoms with E-state index < -0.39 is 0 Å². The smallest absolute Gasteiger partial charge is 0.165 e. The van der Waals surface area contributed by atoms with Crippen molar-refractivity contribution in [3.05, 3.63) is 48.3 Å². The van der Waals surface area contributed by atoms with E-state index in [1.165, 1.54) is 0 Å². The van der Waals surface area contributed by atoms with Crippen molar-refractivity contribution >= 4 is 5.69 Å². The van der Waals surface area contributed by atoms with E-state index in [0.717, 1.165) is 22.7 Å². The zero-order chi connectivity index (χ0) is 12.8. The van der Waals surface area contributed by atoms with Gasteiger partial charge in [0.2, 0.25) is 0 Å². The Morgan fingerprint density at radius 2 is 2.00 bits per heavy atom. The third-order valence-corrected chi connectivity index (χ3v) is 2.63. The molecule has 0 amide bonds. The number of anilines is 1. The van der Waals surface area contributed by atoms with Crippen LogP contribution in [-0.4, -0.2) is 19.2 Å². The maximum Gasteiger partial charge on any atom is 0.165 e. The number of nitrogens with zero attached hydrogens (tertiary/aromatic N) is 1.